The number of amides is 1. The van der Waals surface area contributed by atoms with Crippen LogP contribution in [0.3, 0.4) is 0 Å². The molecular formula is C15H23N3O3. The molecule has 21 heavy (non-hydrogen) atoms. The number of aliphatic carboxylic acids is 1. The van der Waals surface area contributed by atoms with Gasteiger partial charge in [-0.05, 0) is 36.9 Å². The predicted molar refractivity (Wildman–Crippen MR) is 80.8 cm³/mol. The molecule has 1 aromatic rings. The molecule has 1 rings (SSSR count). The Morgan fingerprint density at radius 3 is 2.57 bits per heavy atom. The second-order valence-corrected chi connectivity index (χ2v) is 5.59. The Balaban J connectivity index is 2.52. The molecule has 4 N–H and O–H groups in total. The lowest BCUT2D eigenvalue weighted by atomic mass is 9.94. The quantitative estimate of drug-likeness (QED) is 0.676. The van der Waals surface area contributed by atoms with Crippen molar-refractivity contribution in [3.63, 3.8) is 0 Å². The number of carbonyl (C=O) groups excluding carboxylic acids is 1. The summed E-state index contributed by atoms with van der Waals surface area (Å²) in [6.45, 7) is 4.69. The van der Waals surface area contributed by atoms with Gasteiger partial charge >= 0.3 is 5.97 Å². The normalized spacial score (nSPS) is 12.2. The van der Waals surface area contributed by atoms with Crippen molar-refractivity contribution in [3.05, 3.63) is 24.0 Å². The summed E-state index contributed by atoms with van der Waals surface area (Å²) in [7, 11) is 0. The molecule has 1 amide bonds. The van der Waals surface area contributed by atoms with Crippen LogP contribution in [0.5, 0.6) is 0 Å². The zero-order valence-corrected chi connectivity index (χ0v) is 12.5. The van der Waals surface area contributed by atoms with E-state index in [0.717, 1.165) is 6.42 Å². The minimum Gasteiger partial charge on any atom is -0.481 e. The molecule has 6 nitrogen and oxygen atoms in total. The van der Waals surface area contributed by atoms with Gasteiger partial charge < -0.3 is 16.2 Å². The van der Waals surface area contributed by atoms with Crippen molar-refractivity contribution in [1.29, 1.82) is 0 Å². The smallest absolute Gasteiger partial charge is 0.309 e. The van der Waals surface area contributed by atoms with Crippen molar-refractivity contribution >= 4 is 17.6 Å². The van der Waals surface area contributed by atoms with E-state index in [0.29, 0.717) is 30.3 Å². The van der Waals surface area contributed by atoms with Gasteiger partial charge in [0.2, 0.25) is 5.91 Å². The third kappa shape index (κ3) is 6.85. The van der Waals surface area contributed by atoms with Crippen LogP contribution in [0.15, 0.2) is 18.3 Å². The van der Waals surface area contributed by atoms with Crippen molar-refractivity contribution in [2.24, 2.45) is 17.6 Å². The molecule has 1 aromatic heterocycles. The molecule has 0 saturated heterocycles. The van der Waals surface area contributed by atoms with Crippen molar-refractivity contribution in [2.45, 2.75) is 33.1 Å². The molecule has 116 valence electrons. The number of rotatable bonds is 8. The van der Waals surface area contributed by atoms with Gasteiger partial charge in [-0.25, -0.2) is 0 Å². The average molecular weight is 293 g/mol. The number of nitrogens with zero attached hydrogens (tertiary/aromatic N) is 1. The largest absolute Gasteiger partial charge is 0.481 e. The van der Waals surface area contributed by atoms with Crippen LogP contribution in [0.1, 0.15) is 32.4 Å². The van der Waals surface area contributed by atoms with Gasteiger partial charge in [-0.3, -0.25) is 14.6 Å². The fourth-order valence-electron chi connectivity index (χ4n) is 2.16. The van der Waals surface area contributed by atoms with Gasteiger partial charge in [0, 0.05) is 6.42 Å². The van der Waals surface area contributed by atoms with E-state index in [1.54, 1.807) is 12.1 Å². The highest BCUT2D eigenvalue weighted by Gasteiger charge is 2.14. The maximum absolute atomic E-state index is 11.9. The minimum absolute atomic E-state index is 0.0983. The molecule has 0 fully saturated rings. The van der Waals surface area contributed by atoms with E-state index in [1.807, 2.05) is 0 Å². The maximum Gasteiger partial charge on any atom is 0.309 e. The predicted octanol–water partition coefficient (Wildman–Crippen LogP) is 1.66. The molecule has 1 atom stereocenters. The SMILES string of the molecule is CC(C)CC(CN)CC(=O)Nc1ccc(CC(=O)O)nc1. The van der Waals surface area contributed by atoms with Gasteiger partial charge in [-0.2, -0.15) is 0 Å². The van der Waals surface area contributed by atoms with Crippen molar-refractivity contribution in [1.82, 2.24) is 4.98 Å². The molecule has 0 bridgehead atoms. The van der Waals surface area contributed by atoms with E-state index in [9.17, 15) is 9.59 Å². The topological polar surface area (TPSA) is 105 Å². The summed E-state index contributed by atoms with van der Waals surface area (Å²) < 4.78 is 0. The zero-order valence-electron chi connectivity index (χ0n) is 12.5. The Labute approximate surface area is 124 Å². The van der Waals surface area contributed by atoms with Crippen molar-refractivity contribution in [2.75, 3.05) is 11.9 Å². The molecule has 0 saturated carbocycles. The van der Waals surface area contributed by atoms with Gasteiger partial charge in [0.05, 0.1) is 24.0 Å². The third-order valence-corrected chi connectivity index (χ3v) is 3.05. The van der Waals surface area contributed by atoms with Gasteiger partial charge in [-0.15, -0.1) is 0 Å². The van der Waals surface area contributed by atoms with Crippen LogP contribution in [0.25, 0.3) is 0 Å². The number of nitrogens with one attached hydrogen (secondary N) is 1. The van der Waals surface area contributed by atoms with Crippen LogP contribution in [0.4, 0.5) is 5.69 Å². The Morgan fingerprint density at radius 2 is 2.10 bits per heavy atom. The highest BCUT2D eigenvalue weighted by Crippen LogP contribution is 2.15. The molecule has 0 spiro atoms. The second kappa shape index (κ2) is 8.36. The summed E-state index contributed by atoms with van der Waals surface area (Å²) in [6, 6.07) is 3.25. The van der Waals surface area contributed by atoms with Crippen molar-refractivity contribution < 1.29 is 14.7 Å². The van der Waals surface area contributed by atoms with Crippen LogP contribution in [0.2, 0.25) is 0 Å². The first-order valence-corrected chi connectivity index (χ1v) is 7.07. The molecule has 0 aliphatic rings. The number of aromatic nitrogens is 1. The molecule has 0 aliphatic carbocycles. The van der Waals surface area contributed by atoms with Crippen LogP contribution in [0, 0.1) is 11.8 Å². The summed E-state index contributed by atoms with van der Waals surface area (Å²) in [5.74, 6) is -0.356. The molecule has 0 radical (unpaired) electrons. The van der Waals surface area contributed by atoms with E-state index >= 15 is 0 Å². The van der Waals surface area contributed by atoms with E-state index in [-0.39, 0.29) is 18.2 Å². The number of pyridine rings is 1. The number of carboxylic acid groups (broad SMARTS) is 1. The number of nitrogens with two attached hydrogens (primary N) is 1. The highest BCUT2D eigenvalue weighted by molar-refractivity contribution is 5.90. The highest BCUT2D eigenvalue weighted by atomic mass is 16.4. The molecule has 1 unspecified atom stereocenters. The van der Waals surface area contributed by atoms with Crippen LogP contribution >= 0.6 is 0 Å². The summed E-state index contributed by atoms with van der Waals surface area (Å²) >= 11 is 0. The average Bonchev–Trinajstić information content (AvgIpc) is 2.39. The van der Waals surface area contributed by atoms with Crippen LogP contribution in [-0.4, -0.2) is 28.5 Å². The van der Waals surface area contributed by atoms with E-state index in [1.165, 1.54) is 6.20 Å². The Kier molecular flexibility index (Phi) is 6.81. The minimum atomic E-state index is -0.932. The Bertz CT molecular complexity index is 472. The number of carboxylic acids is 1. The third-order valence-electron chi connectivity index (χ3n) is 3.05. The summed E-state index contributed by atoms with van der Waals surface area (Å²) in [6.07, 6.45) is 2.64. The molecule has 0 aliphatic heterocycles. The first kappa shape index (κ1) is 17.1. The van der Waals surface area contributed by atoms with Gasteiger partial charge in [0.25, 0.3) is 0 Å². The molecule has 1 heterocycles. The number of carbonyl (C=O) groups is 2. The van der Waals surface area contributed by atoms with Gasteiger partial charge in [-0.1, -0.05) is 13.8 Å². The van der Waals surface area contributed by atoms with E-state index in [2.05, 4.69) is 24.1 Å². The lowest BCUT2D eigenvalue weighted by Crippen LogP contribution is -2.23. The molecule has 6 heteroatoms. The van der Waals surface area contributed by atoms with Crippen LogP contribution < -0.4 is 11.1 Å². The Hall–Kier alpha value is -1.95. The lowest BCUT2D eigenvalue weighted by Gasteiger charge is -2.16. The summed E-state index contributed by atoms with van der Waals surface area (Å²) in [5, 5.41) is 11.4. The van der Waals surface area contributed by atoms with Gasteiger partial charge in [0.15, 0.2) is 0 Å². The first-order chi connectivity index (χ1) is 9.90. The van der Waals surface area contributed by atoms with Crippen LogP contribution in [-0.2, 0) is 16.0 Å². The fourth-order valence-corrected chi connectivity index (χ4v) is 2.16. The number of hydrogen-bond acceptors (Lipinski definition) is 4. The monoisotopic (exact) mass is 293 g/mol. The van der Waals surface area contributed by atoms with Crippen molar-refractivity contribution in [3.8, 4) is 0 Å². The maximum atomic E-state index is 11.9. The summed E-state index contributed by atoms with van der Waals surface area (Å²) in [4.78, 5) is 26.5. The van der Waals surface area contributed by atoms with Gasteiger partial charge in [0.1, 0.15) is 0 Å². The molecular weight excluding hydrogens is 270 g/mol. The second-order valence-electron chi connectivity index (χ2n) is 5.59. The summed E-state index contributed by atoms with van der Waals surface area (Å²) in [5.41, 5.74) is 6.70. The van der Waals surface area contributed by atoms with E-state index in [4.69, 9.17) is 10.8 Å². The number of anilines is 1. The fraction of sp³-hybridized carbons (Fsp3) is 0.533. The molecule has 0 aromatic carbocycles. The number of hydrogen-bond donors (Lipinski definition) is 3. The first-order valence-electron chi connectivity index (χ1n) is 7.07. The lowest BCUT2D eigenvalue weighted by molar-refractivity contribution is -0.136. The van der Waals surface area contributed by atoms with E-state index < -0.39 is 5.97 Å². The standard InChI is InChI=1S/C15H23N3O3/c1-10(2)5-11(8-16)6-14(19)18-13-4-3-12(17-9-13)7-15(20)21/h3-4,9-11H,5-8,16H2,1-2H3,(H,18,19)(H,20,21). The Morgan fingerprint density at radius 1 is 1.38 bits per heavy atom. The zero-order chi connectivity index (χ0) is 15.8.